The number of hydrogen-bond acceptors (Lipinski definition) is 3. The summed E-state index contributed by atoms with van der Waals surface area (Å²) >= 11 is 0. The van der Waals surface area contributed by atoms with Crippen LogP contribution in [-0.2, 0) is 4.79 Å². The van der Waals surface area contributed by atoms with E-state index in [0.29, 0.717) is 32.5 Å². The van der Waals surface area contributed by atoms with E-state index in [9.17, 15) is 9.59 Å². The number of aliphatic carboxylic acids is 1. The average molecular weight is 292 g/mol. The quantitative estimate of drug-likeness (QED) is 0.816. The number of amides is 2. The van der Waals surface area contributed by atoms with E-state index in [1.807, 2.05) is 24.3 Å². The maximum Gasteiger partial charge on any atom is 0.321 e. The lowest BCUT2D eigenvalue weighted by Gasteiger charge is -2.22. The molecule has 0 atom stereocenters. The lowest BCUT2D eigenvalue weighted by atomic mass is 10.2. The Morgan fingerprint density at radius 2 is 2.10 bits per heavy atom. The highest BCUT2D eigenvalue weighted by atomic mass is 16.5. The standard InChI is InChI=1S/C15H20N2O4/c18-14(19)8-3-4-9-16-15(20)17-10-5-11-21-13-7-2-1-6-12(13)17/h1-2,6-7H,3-5,8-11H2,(H,16,20)(H,18,19). The number of anilines is 1. The zero-order valence-corrected chi connectivity index (χ0v) is 11.9. The molecule has 0 saturated heterocycles. The Bertz CT molecular complexity index is 504. The number of rotatable bonds is 5. The van der Waals surface area contributed by atoms with Crippen molar-refractivity contribution in [1.29, 1.82) is 0 Å². The minimum Gasteiger partial charge on any atom is -0.491 e. The zero-order chi connectivity index (χ0) is 15.1. The van der Waals surface area contributed by atoms with Crippen LogP contribution in [0.4, 0.5) is 10.5 Å². The largest absolute Gasteiger partial charge is 0.491 e. The van der Waals surface area contributed by atoms with Crippen LogP contribution < -0.4 is 15.0 Å². The number of nitrogens with one attached hydrogen (secondary N) is 1. The van der Waals surface area contributed by atoms with Crippen LogP contribution in [0, 0.1) is 0 Å². The second-order valence-electron chi connectivity index (χ2n) is 4.90. The lowest BCUT2D eigenvalue weighted by molar-refractivity contribution is -0.137. The molecule has 0 unspecified atom stereocenters. The topological polar surface area (TPSA) is 78.9 Å². The van der Waals surface area contributed by atoms with Gasteiger partial charge in [0.1, 0.15) is 5.75 Å². The number of benzene rings is 1. The van der Waals surface area contributed by atoms with E-state index in [0.717, 1.165) is 17.9 Å². The molecule has 2 N–H and O–H groups in total. The molecular weight excluding hydrogens is 272 g/mol. The number of para-hydroxylation sites is 2. The number of urea groups is 1. The van der Waals surface area contributed by atoms with Gasteiger partial charge >= 0.3 is 12.0 Å². The van der Waals surface area contributed by atoms with Crippen LogP contribution in [0.3, 0.4) is 0 Å². The molecule has 0 radical (unpaired) electrons. The molecule has 0 spiro atoms. The number of ether oxygens (including phenoxy) is 1. The van der Waals surface area contributed by atoms with Crippen molar-refractivity contribution in [2.24, 2.45) is 0 Å². The van der Waals surface area contributed by atoms with Crippen molar-refractivity contribution in [2.75, 3.05) is 24.6 Å². The van der Waals surface area contributed by atoms with Gasteiger partial charge in [0.2, 0.25) is 0 Å². The van der Waals surface area contributed by atoms with Gasteiger partial charge in [-0.1, -0.05) is 12.1 Å². The Balaban J connectivity index is 1.88. The van der Waals surface area contributed by atoms with Gasteiger partial charge in [0, 0.05) is 19.5 Å². The molecule has 2 rings (SSSR count). The van der Waals surface area contributed by atoms with E-state index in [1.165, 1.54) is 0 Å². The molecule has 21 heavy (non-hydrogen) atoms. The number of unbranched alkanes of at least 4 members (excludes halogenated alkanes) is 1. The van der Waals surface area contributed by atoms with E-state index in [-0.39, 0.29) is 12.5 Å². The first-order valence-corrected chi connectivity index (χ1v) is 7.17. The Morgan fingerprint density at radius 1 is 1.29 bits per heavy atom. The third-order valence-electron chi connectivity index (χ3n) is 3.28. The first-order chi connectivity index (χ1) is 10.2. The van der Waals surface area contributed by atoms with Crippen molar-refractivity contribution in [3.05, 3.63) is 24.3 Å². The molecule has 6 heteroatoms. The van der Waals surface area contributed by atoms with Gasteiger partial charge < -0.3 is 15.2 Å². The molecule has 6 nitrogen and oxygen atoms in total. The van der Waals surface area contributed by atoms with Crippen LogP contribution in [0.1, 0.15) is 25.7 Å². The molecule has 0 fully saturated rings. The summed E-state index contributed by atoms with van der Waals surface area (Å²) in [5.74, 6) is -0.0871. The number of hydrogen-bond donors (Lipinski definition) is 2. The van der Waals surface area contributed by atoms with Gasteiger partial charge in [-0.05, 0) is 31.4 Å². The predicted octanol–water partition coefficient (Wildman–Crippen LogP) is 2.24. The van der Waals surface area contributed by atoms with E-state index < -0.39 is 5.97 Å². The molecule has 0 aromatic heterocycles. The molecule has 0 saturated carbocycles. The lowest BCUT2D eigenvalue weighted by Crippen LogP contribution is -2.40. The Hall–Kier alpha value is -2.24. The van der Waals surface area contributed by atoms with Crippen LogP contribution in [0.25, 0.3) is 0 Å². The number of fused-ring (bicyclic) bond motifs is 1. The highest BCUT2D eigenvalue weighted by Crippen LogP contribution is 2.30. The van der Waals surface area contributed by atoms with Gasteiger partial charge in [-0.3, -0.25) is 9.69 Å². The molecule has 1 aliphatic heterocycles. The second kappa shape index (κ2) is 7.52. The molecule has 0 aliphatic carbocycles. The monoisotopic (exact) mass is 292 g/mol. The first kappa shape index (κ1) is 15.2. The smallest absolute Gasteiger partial charge is 0.321 e. The van der Waals surface area contributed by atoms with Crippen LogP contribution in [0.5, 0.6) is 5.75 Å². The van der Waals surface area contributed by atoms with E-state index in [4.69, 9.17) is 9.84 Å². The van der Waals surface area contributed by atoms with Gasteiger partial charge in [0.15, 0.2) is 0 Å². The first-order valence-electron chi connectivity index (χ1n) is 7.17. The summed E-state index contributed by atoms with van der Waals surface area (Å²) in [4.78, 5) is 24.3. The number of nitrogens with zero attached hydrogens (tertiary/aromatic N) is 1. The third kappa shape index (κ3) is 4.37. The van der Waals surface area contributed by atoms with Crippen molar-refractivity contribution in [3.8, 4) is 5.75 Å². The fourth-order valence-corrected chi connectivity index (χ4v) is 2.23. The maximum atomic E-state index is 12.3. The summed E-state index contributed by atoms with van der Waals surface area (Å²) in [5, 5.41) is 11.4. The van der Waals surface area contributed by atoms with Gasteiger partial charge in [0.05, 0.1) is 12.3 Å². The summed E-state index contributed by atoms with van der Waals surface area (Å²) < 4.78 is 5.61. The fraction of sp³-hybridized carbons (Fsp3) is 0.467. The molecule has 114 valence electrons. The molecular formula is C15H20N2O4. The number of carbonyl (C=O) groups is 2. The Labute approximate surface area is 123 Å². The fourth-order valence-electron chi connectivity index (χ4n) is 2.23. The minimum absolute atomic E-state index is 0.135. The average Bonchev–Trinajstić information content (AvgIpc) is 2.68. The summed E-state index contributed by atoms with van der Waals surface area (Å²) in [6.07, 6.45) is 2.14. The van der Waals surface area contributed by atoms with Crippen molar-refractivity contribution < 1.29 is 19.4 Å². The minimum atomic E-state index is -0.806. The SMILES string of the molecule is O=C(O)CCCCNC(=O)N1CCCOc2ccccc21. The molecule has 1 aromatic carbocycles. The van der Waals surface area contributed by atoms with E-state index >= 15 is 0 Å². The summed E-state index contributed by atoms with van der Waals surface area (Å²) in [6, 6.07) is 7.31. The number of carbonyl (C=O) groups excluding carboxylic acids is 1. The predicted molar refractivity (Wildman–Crippen MR) is 78.8 cm³/mol. The van der Waals surface area contributed by atoms with Gasteiger partial charge in [-0.2, -0.15) is 0 Å². The van der Waals surface area contributed by atoms with Gasteiger partial charge in [0.25, 0.3) is 0 Å². The summed E-state index contributed by atoms with van der Waals surface area (Å²) in [5.41, 5.74) is 0.776. The van der Waals surface area contributed by atoms with Gasteiger partial charge in [-0.25, -0.2) is 4.79 Å². The second-order valence-corrected chi connectivity index (χ2v) is 4.90. The molecule has 2 amide bonds. The van der Waals surface area contributed by atoms with Crippen molar-refractivity contribution in [3.63, 3.8) is 0 Å². The van der Waals surface area contributed by atoms with Crippen LogP contribution in [0.15, 0.2) is 24.3 Å². The van der Waals surface area contributed by atoms with Crippen LogP contribution in [0.2, 0.25) is 0 Å². The zero-order valence-electron chi connectivity index (χ0n) is 11.9. The van der Waals surface area contributed by atoms with Crippen LogP contribution in [-0.4, -0.2) is 36.8 Å². The number of carboxylic acid groups (broad SMARTS) is 1. The van der Waals surface area contributed by atoms with Crippen molar-refractivity contribution >= 4 is 17.7 Å². The Morgan fingerprint density at radius 3 is 2.90 bits per heavy atom. The highest BCUT2D eigenvalue weighted by molar-refractivity contribution is 5.93. The summed E-state index contributed by atoms with van der Waals surface area (Å²) in [7, 11) is 0. The van der Waals surface area contributed by atoms with Crippen molar-refractivity contribution in [2.45, 2.75) is 25.7 Å². The van der Waals surface area contributed by atoms with E-state index in [1.54, 1.807) is 4.90 Å². The maximum absolute atomic E-state index is 12.3. The van der Waals surface area contributed by atoms with E-state index in [2.05, 4.69) is 5.32 Å². The van der Waals surface area contributed by atoms with Crippen LogP contribution >= 0.6 is 0 Å². The third-order valence-corrected chi connectivity index (χ3v) is 3.28. The molecule has 1 aromatic rings. The molecule has 1 heterocycles. The highest BCUT2D eigenvalue weighted by Gasteiger charge is 2.21. The van der Waals surface area contributed by atoms with Gasteiger partial charge in [-0.15, -0.1) is 0 Å². The normalized spacial score (nSPS) is 13.8. The Kier molecular flexibility index (Phi) is 5.43. The van der Waals surface area contributed by atoms with Crippen molar-refractivity contribution in [1.82, 2.24) is 5.32 Å². The number of carboxylic acids is 1. The summed E-state index contributed by atoms with van der Waals surface area (Å²) in [6.45, 7) is 1.68. The molecule has 0 bridgehead atoms. The molecule has 1 aliphatic rings.